The number of hydrogen-bond donors (Lipinski definition) is 1. The summed E-state index contributed by atoms with van der Waals surface area (Å²) in [6, 6.07) is 8.28. The first kappa shape index (κ1) is 13.9. The number of aliphatic hydroxyl groups is 1. The molecule has 0 heterocycles. The van der Waals surface area contributed by atoms with E-state index >= 15 is 0 Å². The van der Waals surface area contributed by atoms with E-state index in [2.05, 4.69) is 0 Å². The summed E-state index contributed by atoms with van der Waals surface area (Å²) in [5.41, 5.74) is 0.398. The van der Waals surface area contributed by atoms with Crippen LogP contribution in [0.1, 0.15) is 37.4 Å². The van der Waals surface area contributed by atoms with Gasteiger partial charge in [-0.2, -0.15) is 0 Å². The molecule has 2 unspecified atom stereocenters. The van der Waals surface area contributed by atoms with Crippen molar-refractivity contribution in [3.63, 3.8) is 0 Å². The standard InChI is InChI=1S/C14H16F2O3/c15-14(16)8-4-7-11(9-14)19-13(18)12(17)10-5-2-1-3-6-10/h1-3,5-6,11-12,17H,4,7-9H2. The van der Waals surface area contributed by atoms with E-state index in [1.54, 1.807) is 30.3 Å². The molecule has 1 fully saturated rings. The maximum absolute atomic E-state index is 13.2. The van der Waals surface area contributed by atoms with Gasteiger partial charge in [-0.3, -0.25) is 0 Å². The molecule has 0 saturated heterocycles. The number of halogens is 2. The minimum Gasteiger partial charge on any atom is -0.460 e. The van der Waals surface area contributed by atoms with E-state index in [1.807, 2.05) is 0 Å². The molecular weight excluding hydrogens is 254 g/mol. The van der Waals surface area contributed by atoms with Crippen LogP contribution in [0.15, 0.2) is 30.3 Å². The summed E-state index contributed by atoms with van der Waals surface area (Å²) in [6.45, 7) is 0. The minimum atomic E-state index is -2.78. The van der Waals surface area contributed by atoms with Crippen LogP contribution in [0.2, 0.25) is 0 Å². The van der Waals surface area contributed by atoms with Gasteiger partial charge in [-0.15, -0.1) is 0 Å². The topological polar surface area (TPSA) is 46.5 Å². The van der Waals surface area contributed by atoms with Gasteiger partial charge in [-0.1, -0.05) is 30.3 Å². The van der Waals surface area contributed by atoms with Gasteiger partial charge in [0.05, 0.1) is 0 Å². The van der Waals surface area contributed by atoms with Crippen molar-refractivity contribution in [1.82, 2.24) is 0 Å². The Morgan fingerprint density at radius 1 is 1.37 bits per heavy atom. The van der Waals surface area contributed by atoms with Gasteiger partial charge in [0.2, 0.25) is 0 Å². The molecule has 0 spiro atoms. The molecule has 1 saturated carbocycles. The molecule has 0 bridgehead atoms. The summed E-state index contributed by atoms with van der Waals surface area (Å²) in [4.78, 5) is 11.7. The van der Waals surface area contributed by atoms with Crippen LogP contribution in [0.5, 0.6) is 0 Å². The molecule has 0 amide bonds. The van der Waals surface area contributed by atoms with Crippen molar-refractivity contribution >= 4 is 5.97 Å². The summed E-state index contributed by atoms with van der Waals surface area (Å²) in [6.07, 6.45) is -2.11. The van der Waals surface area contributed by atoms with Gasteiger partial charge >= 0.3 is 5.97 Å². The second-order valence-corrected chi connectivity index (χ2v) is 4.82. The van der Waals surface area contributed by atoms with Gasteiger partial charge in [-0.05, 0) is 18.4 Å². The van der Waals surface area contributed by atoms with Gasteiger partial charge in [-0.25, -0.2) is 13.6 Å². The largest absolute Gasteiger partial charge is 0.460 e. The van der Waals surface area contributed by atoms with Gasteiger partial charge in [0, 0.05) is 12.8 Å². The van der Waals surface area contributed by atoms with Crippen molar-refractivity contribution in [2.45, 2.75) is 43.8 Å². The molecule has 1 aromatic carbocycles. The van der Waals surface area contributed by atoms with Crippen molar-refractivity contribution in [2.24, 2.45) is 0 Å². The molecule has 19 heavy (non-hydrogen) atoms. The minimum absolute atomic E-state index is 0.164. The van der Waals surface area contributed by atoms with E-state index in [9.17, 15) is 18.7 Å². The predicted molar refractivity (Wildman–Crippen MR) is 64.7 cm³/mol. The Bertz CT molecular complexity index is 434. The molecular formula is C14H16F2O3. The molecule has 0 aliphatic heterocycles. The van der Waals surface area contributed by atoms with E-state index in [0.717, 1.165) is 0 Å². The molecule has 0 aromatic heterocycles. The highest BCUT2D eigenvalue weighted by Crippen LogP contribution is 2.35. The zero-order valence-electron chi connectivity index (χ0n) is 10.4. The highest BCUT2D eigenvalue weighted by molar-refractivity contribution is 5.76. The Labute approximate surface area is 110 Å². The molecule has 5 heteroatoms. The normalized spacial score (nSPS) is 23.6. The third kappa shape index (κ3) is 3.73. The van der Waals surface area contributed by atoms with Crippen LogP contribution in [0, 0.1) is 0 Å². The molecule has 2 rings (SSSR count). The third-order valence-corrected chi connectivity index (χ3v) is 3.22. The van der Waals surface area contributed by atoms with Crippen molar-refractivity contribution in [1.29, 1.82) is 0 Å². The maximum Gasteiger partial charge on any atom is 0.339 e. The first-order valence-electron chi connectivity index (χ1n) is 6.29. The van der Waals surface area contributed by atoms with Gasteiger partial charge < -0.3 is 9.84 Å². The Kier molecular flexibility index (Phi) is 4.14. The molecule has 1 aromatic rings. The number of ether oxygens (including phenoxy) is 1. The predicted octanol–water partition coefficient (Wildman–Crippen LogP) is 2.84. The molecule has 1 aliphatic carbocycles. The quantitative estimate of drug-likeness (QED) is 0.859. The molecule has 1 aliphatic rings. The lowest BCUT2D eigenvalue weighted by Crippen LogP contribution is -2.33. The number of esters is 1. The number of alkyl halides is 2. The number of carbonyl (C=O) groups is 1. The molecule has 104 valence electrons. The van der Waals surface area contributed by atoms with E-state index < -0.39 is 30.5 Å². The Hall–Kier alpha value is -1.49. The van der Waals surface area contributed by atoms with E-state index in [4.69, 9.17) is 4.74 Å². The SMILES string of the molecule is O=C(OC1CCCC(F)(F)C1)C(O)c1ccccc1. The van der Waals surface area contributed by atoms with Crippen molar-refractivity contribution in [2.75, 3.05) is 0 Å². The van der Waals surface area contributed by atoms with E-state index in [-0.39, 0.29) is 6.42 Å². The fourth-order valence-corrected chi connectivity index (χ4v) is 2.23. The second-order valence-electron chi connectivity index (χ2n) is 4.82. The van der Waals surface area contributed by atoms with Crippen LogP contribution < -0.4 is 0 Å². The van der Waals surface area contributed by atoms with E-state index in [0.29, 0.717) is 18.4 Å². The van der Waals surface area contributed by atoms with Crippen LogP contribution in [-0.4, -0.2) is 23.1 Å². The number of carbonyl (C=O) groups excluding carboxylic acids is 1. The summed E-state index contributed by atoms with van der Waals surface area (Å²) < 4.78 is 31.3. The fourth-order valence-electron chi connectivity index (χ4n) is 2.23. The van der Waals surface area contributed by atoms with Gasteiger partial charge in [0.15, 0.2) is 6.10 Å². The maximum atomic E-state index is 13.2. The molecule has 1 N–H and O–H groups in total. The van der Waals surface area contributed by atoms with Crippen LogP contribution in [0.3, 0.4) is 0 Å². The lowest BCUT2D eigenvalue weighted by molar-refractivity contribution is -0.168. The average molecular weight is 270 g/mol. The van der Waals surface area contributed by atoms with Crippen molar-refractivity contribution in [3.8, 4) is 0 Å². The first-order chi connectivity index (χ1) is 8.98. The highest BCUT2D eigenvalue weighted by atomic mass is 19.3. The van der Waals surface area contributed by atoms with Crippen molar-refractivity contribution in [3.05, 3.63) is 35.9 Å². The molecule has 2 atom stereocenters. The lowest BCUT2D eigenvalue weighted by Gasteiger charge is -2.29. The Morgan fingerprint density at radius 2 is 2.05 bits per heavy atom. The number of aliphatic hydroxyl groups excluding tert-OH is 1. The monoisotopic (exact) mass is 270 g/mol. The zero-order chi connectivity index (χ0) is 13.9. The van der Waals surface area contributed by atoms with Crippen LogP contribution in [0.25, 0.3) is 0 Å². The third-order valence-electron chi connectivity index (χ3n) is 3.22. The average Bonchev–Trinajstić information content (AvgIpc) is 2.37. The second kappa shape index (κ2) is 5.65. The van der Waals surface area contributed by atoms with Crippen LogP contribution in [-0.2, 0) is 9.53 Å². The smallest absolute Gasteiger partial charge is 0.339 e. The first-order valence-corrected chi connectivity index (χ1v) is 6.29. The lowest BCUT2D eigenvalue weighted by atomic mass is 9.94. The van der Waals surface area contributed by atoms with Crippen LogP contribution in [0.4, 0.5) is 8.78 Å². The number of hydrogen-bond acceptors (Lipinski definition) is 3. The Balaban J connectivity index is 1.94. The summed E-state index contributed by atoms with van der Waals surface area (Å²) >= 11 is 0. The highest BCUT2D eigenvalue weighted by Gasteiger charge is 2.38. The Morgan fingerprint density at radius 3 is 2.68 bits per heavy atom. The van der Waals surface area contributed by atoms with Gasteiger partial charge in [0.25, 0.3) is 5.92 Å². The van der Waals surface area contributed by atoms with Crippen molar-refractivity contribution < 1.29 is 23.4 Å². The summed E-state index contributed by atoms with van der Waals surface area (Å²) in [7, 11) is 0. The van der Waals surface area contributed by atoms with Gasteiger partial charge in [0.1, 0.15) is 6.10 Å². The number of benzene rings is 1. The number of rotatable bonds is 3. The summed E-state index contributed by atoms with van der Waals surface area (Å²) in [5.74, 6) is -3.64. The molecule has 3 nitrogen and oxygen atoms in total. The fraction of sp³-hybridized carbons (Fsp3) is 0.500. The van der Waals surface area contributed by atoms with E-state index in [1.165, 1.54) is 0 Å². The van der Waals surface area contributed by atoms with Crippen LogP contribution >= 0.6 is 0 Å². The molecule has 0 radical (unpaired) electrons. The zero-order valence-corrected chi connectivity index (χ0v) is 10.4. The summed E-state index contributed by atoms with van der Waals surface area (Å²) in [5, 5.41) is 9.79.